The molecule has 2 N–H and O–H groups in total. The molecule has 0 saturated carbocycles. The Morgan fingerprint density at radius 3 is 2.63 bits per heavy atom. The minimum absolute atomic E-state index is 0. The molecule has 1 aromatic carbocycles. The summed E-state index contributed by atoms with van der Waals surface area (Å²) in [6.07, 6.45) is 0.758. The second kappa shape index (κ2) is 11.5. The second-order valence-electron chi connectivity index (χ2n) is 6.63. The number of aliphatic imine (C=N–C) groups is 1. The zero-order valence-corrected chi connectivity index (χ0v) is 20.1. The maximum Gasteiger partial charge on any atom is 0.387 e. The van der Waals surface area contributed by atoms with Gasteiger partial charge in [-0.1, -0.05) is 13.8 Å². The molecule has 0 amide bonds. The first kappa shape index (κ1) is 24.4. The third-order valence-corrected chi connectivity index (χ3v) is 5.37. The monoisotopic (exact) mass is 554 g/mol. The molecular weight excluding hydrogens is 529 g/mol. The summed E-state index contributed by atoms with van der Waals surface area (Å²) in [6, 6.07) is 3.04. The summed E-state index contributed by atoms with van der Waals surface area (Å²) in [5.74, 6) is 1.88. The molecule has 0 fully saturated rings. The number of aromatic nitrogens is 1. The van der Waals surface area contributed by atoms with Crippen LogP contribution < -0.4 is 24.8 Å². The van der Waals surface area contributed by atoms with Gasteiger partial charge >= 0.3 is 6.61 Å². The molecule has 0 unspecified atom stereocenters. The van der Waals surface area contributed by atoms with Crippen LogP contribution >= 0.6 is 35.3 Å². The minimum atomic E-state index is -2.93. The van der Waals surface area contributed by atoms with Crippen molar-refractivity contribution in [3.8, 4) is 17.2 Å². The number of fused-ring (bicyclic) bond motifs is 1. The maximum absolute atomic E-state index is 12.7. The lowest BCUT2D eigenvalue weighted by atomic mass is 10.1. The number of nitrogens with one attached hydrogen (secondary N) is 2. The number of benzene rings is 1. The predicted molar refractivity (Wildman–Crippen MR) is 123 cm³/mol. The number of alkyl halides is 2. The van der Waals surface area contributed by atoms with Gasteiger partial charge in [0.25, 0.3) is 0 Å². The maximum atomic E-state index is 12.7. The number of hydrogen-bond donors (Lipinski definition) is 2. The number of guanidine groups is 1. The zero-order valence-electron chi connectivity index (χ0n) is 16.9. The van der Waals surface area contributed by atoms with Crippen LogP contribution in [0.4, 0.5) is 8.78 Å². The van der Waals surface area contributed by atoms with Crippen molar-refractivity contribution in [2.45, 2.75) is 39.3 Å². The van der Waals surface area contributed by atoms with Crippen LogP contribution in [0, 0.1) is 0 Å². The first-order chi connectivity index (χ1) is 14.0. The summed E-state index contributed by atoms with van der Waals surface area (Å²) >= 11 is 1.66. The van der Waals surface area contributed by atoms with Crippen LogP contribution in [0.15, 0.2) is 22.5 Å². The number of nitrogens with zero attached hydrogens (tertiary/aromatic N) is 2. The fraction of sp³-hybridized carbons (Fsp3) is 0.474. The van der Waals surface area contributed by atoms with E-state index in [1.54, 1.807) is 24.5 Å². The van der Waals surface area contributed by atoms with E-state index in [2.05, 4.69) is 44.6 Å². The van der Waals surface area contributed by atoms with Crippen molar-refractivity contribution in [2.24, 2.45) is 4.99 Å². The highest BCUT2D eigenvalue weighted by Crippen LogP contribution is 2.38. The Balaban J connectivity index is 0.00000320. The van der Waals surface area contributed by atoms with Crippen molar-refractivity contribution >= 4 is 41.3 Å². The fourth-order valence-corrected chi connectivity index (χ4v) is 3.59. The molecule has 1 aliphatic rings. The molecule has 0 spiro atoms. The number of thiazole rings is 1. The summed E-state index contributed by atoms with van der Waals surface area (Å²) in [5, 5.41) is 9.48. The van der Waals surface area contributed by atoms with Crippen LogP contribution in [-0.4, -0.2) is 37.9 Å². The van der Waals surface area contributed by atoms with Crippen molar-refractivity contribution < 1.29 is 23.0 Å². The molecule has 3 rings (SSSR count). The van der Waals surface area contributed by atoms with Crippen LogP contribution in [0.25, 0.3) is 0 Å². The quantitative estimate of drug-likeness (QED) is 0.291. The lowest BCUT2D eigenvalue weighted by Gasteiger charge is -2.15. The van der Waals surface area contributed by atoms with E-state index in [1.165, 1.54) is 6.07 Å². The summed E-state index contributed by atoms with van der Waals surface area (Å²) in [4.78, 5) is 8.77. The second-order valence-corrected chi connectivity index (χ2v) is 7.52. The first-order valence-corrected chi connectivity index (χ1v) is 10.1. The Hall–Kier alpha value is -1.89. The van der Waals surface area contributed by atoms with Crippen molar-refractivity contribution in [3.05, 3.63) is 33.8 Å². The summed E-state index contributed by atoms with van der Waals surface area (Å²) in [7, 11) is 1.64. The number of rotatable bonds is 8. The van der Waals surface area contributed by atoms with E-state index in [-0.39, 0.29) is 43.1 Å². The van der Waals surface area contributed by atoms with Gasteiger partial charge < -0.3 is 24.8 Å². The topological polar surface area (TPSA) is 77.0 Å². The Morgan fingerprint density at radius 2 is 2.00 bits per heavy atom. The summed E-state index contributed by atoms with van der Waals surface area (Å²) in [6.45, 7) is 2.23. The van der Waals surface area contributed by atoms with Crippen molar-refractivity contribution in [1.82, 2.24) is 15.6 Å². The molecule has 2 heterocycles. The van der Waals surface area contributed by atoms with Gasteiger partial charge in [-0.2, -0.15) is 8.78 Å². The van der Waals surface area contributed by atoms with Crippen LogP contribution in [0.1, 0.15) is 36.0 Å². The average molecular weight is 554 g/mol. The Labute approximate surface area is 195 Å². The molecule has 0 bridgehead atoms. The SMILES string of the molecule is CN=C(NCCc1csc(C(C)C)n1)NCc1cc2c(cc1OC(F)F)OCO2.I. The molecule has 0 atom stereocenters. The molecule has 1 aliphatic heterocycles. The smallest absolute Gasteiger partial charge is 0.387 e. The van der Waals surface area contributed by atoms with Crippen molar-refractivity contribution in [2.75, 3.05) is 20.4 Å². The van der Waals surface area contributed by atoms with E-state index in [9.17, 15) is 8.78 Å². The van der Waals surface area contributed by atoms with Gasteiger partial charge in [0.05, 0.1) is 10.7 Å². The van der Waals surface area contributed by atoms with Gasteiger partial charge in [0, 0.05) is 49.5 Å². The van der Waals surface area contributed by atoms with E-state index < -0.39 is 6.61 Å². The van der Waals surface area contributed by atoms with E-state index in [0.29, 0.717) is 35.5 Å². The van der Waals surface area contributed by atoms with E-state index in [4.69, 9.17) is 9.47 Å². The van der Waals surface area contributed by atoms with Crippen molar-refractivity contribution in [3.63, 3.8) is 0 Å². The van der Waals surface area contributed by atoms with Gasteiger partial charge in [-0.25, -0.2) is 4.98 Å². The van der Waals surface area contributed by atoms with E-state index >= 15 is 0 Å². The molecule has 11 heteroatoms. The van der Waals surface area contributed by atoms with Gasteiger partial charge in [-0.05, 0) is 6.07 Å². The molecular formula is C19H25F2IN4O3S. The molecule has 1 aromatic heterocycles. The standard InChI is InChI=1S/C19H24F2N4O3S.HI/c1-11(2)17-25-13(9-29-17)4-5-23-19(22-3)24-8-12-6-15-16(27-10-26-15)7-14(12)28-18(20)21;/h6-7,9,11,18H,4-5,8,10H2,1-3H3,(H2,22,23,24);1H. The molecule has 0 aliphatic carbocycles. The Morgan fingerprint density at radius 1 is 1.27 bits per heavy atom. The Kier molecular flexibility index (Phi) is 9.34. The van der Waals surface area contributed by atoms with Gasteiger partial charge in [-0.15, -0.1) is 35.3 Å². The lowest BCUT2D eigenvalue weighted by molar-refractivity contribution is -0.0505. The third-order valence-electron chi connectivity index (χ3n) is 4.18. The first-order valence-electron chi connectivity index (χ1n) is 9.22. The van der Waals surface area contributed by atoms with Gasteiger partial charge in [0.1, 0.15) is 5.75 Å². The van der Waals surface area contributed by atoms with Crippen molar-refractivity contribution in [1.29, 1.82) is 0 Å². The predicted octanol–water partition coefficient (Wildman–Crippen LogP) is 4.12. The molecule has 30 heavy (non-hydrogen) atoms. The number of halogens is 3. The third kappa shape index (κ3) is 6.56. The highest BCUT2D eigenvalue weighted by Gasteiger charge is 2.20. The van der Waals surface area contributed by atoms with E-state index in [0.717, 1.165) is 17.1 Å². The summed E-state index contributed by atoms with van der Waals surface area (Å²) in [5.41, 5.74) is 1.55. The van der Waals surface area contributed by atoms with E-state index in [1.807, 2.05) is 0 Å². The lowest BCUT2D eigenvalue weighted by Crippen LogP contribution is -2.38. The van der Waals surface area contributed by atoms with Crippen LogP contribution in [0.2, 0.25) is 0 Å². The molecule has 0 saturated heterocycles. The fourth-order valence-electron chi connectivity index (χ4n) is 2.72. The van der Waals surface area contributed by atoms with Crippen LogP contribution in [0.3, 0.4) is 0 Å². The summed E-state index contributed by atoms with van der Waals surface area (Å²) < 4.78 is 40.6. The molecule has 166 valence electrons. The van der Waals surface area contributed by atoms with Gasteiger partial charge in [0.2, 0.25) is 6.79 Å². The number of ether oxygens (including phenoxy) is 3. The Bertz CT molecular complexity index is 864. The number of hydrogen-bond acceptors (Lipinski definition) is 6. The molecule has 2 aromatic rings. The highest BCUT2D eigenvalue weighted by molar-refractivity contribution is 14.0. The largest absolute Gasteiger partial charge is 0.454 e. The highest BCUT2D eigenvalue weighted by atomic mass is 127. The zero-order chi connectivity index (χ0) is 20.8. The minimum Gasteiger partial charge on any atom is -0.454 e. The van der Waals surface area contributed by atoms with Crippen LogP contribution in [0.5, 0.6) is 17.2 Å². The van der Waals surface area contributed by atoms with Crippen LogP contribution in [-0.2, 0) is 13.0 Å². The van der Waals surface area contributed by atoms with Gasteiger partial charge in [0.15, 0.2) is 17.5 Å². The molecule has 7 nitrogen and oxygen atoms in total. The average Bonchev–Trinajstić information content (AvgIpc) is 3.33. The van der Waals surface area contributed by atoms with Gasteiger partial charge in [-0.3, -0.25) is 4.99 Å². The normalized spacial score (nSPS) is 12.8. The molecule has 0 radical (unpaired) electrons.